The van der Waals surface area contributed by atoms with Gasteiger partial charge in [-0.05, 0) is 30.3 Å². The minimum Gasteiger partial charge on any atom is -0.507 e. The van der Waals surface area contributed by atoms with Crippen molar-refractivity contribution in [2.24, 2.45) is 0 Å². The number of carbonyl (C=O) groups is 2. The Bertz CT molecular complexity index is 787. The highest BCUT2D eigenvalue weighted by Crippen LogP contribution is 2.30. The molecular formula is C17H12O5. The number of carbonyl (C=O) groups excluding carboxylic acids is 2. The number of hydrogen-bond donors (Lipinski definition) is 1. The van der Waals surface area contributed by atoms with E-state index in [0.717, 1.165) is 6.08 Å². The highest BCUT2D eigenvalue weighted by Gasteiger charge is 2.29. The molecule has 2 aromatic carbocycles. The van der Waals surface area contributed by atoms with Crippen LogP contribution < -0.4 is 9.47 Å². The summed E-state index contributed by atoms with van der Waals surface area (Å²) in [5.41, 5.74) is 0.144. The fourth-order valence-corrected chi connectivity index (χ4v) is 2.22. The Morgan fingerprint density at radius 3 is 2.32 bits per heavy atom. The molecule has 0 fully saturated rings. The van der Waals surface area contributed by atoms with Gasteiger partial charge < -0.3 is 14.6 Å². The van der Waals surface area contributed by atoms with Crippen molar-refractivity contribution in [3.05, 3.63) is 65.4 Å². The van der Waals surface area contributed by atoms with Crippen molar-refractivity contribution >= 4 is 11.6 Å². The molecule has 110 valence electrons. The summed E-state index contributed by atoms with van der Waals surface area (Å²) in [6.45, 7) is 0. The van der Waals surface area contributed by atoms with Crippen molar-refractivity contribution < 1.29 is 24.2 Å². The lowest BCUT2D eigenvalue weighted by Gasteiger charge is -2.16. The van der Waals surface area contributed by atoms with Crippen LogP contribution in [-0.2, 0) is 0 Å². The molecule has 5 nitrogen and oxygen atoms in total. The summed E-state index contributed by atoms with van der Waals surface area (Å²) >= 11 is 0. The minimum atomic E-state index is -0.525. The fourth-order valence-electron chi connectivity index (χ4n) is 2.22. The Labute approximate surface area is 126 Å². The summed E-state index contributed by atoms with van der Waals surface area (Å²) in [6.07, 6.45) is 1.13. The van der Waals surface area contributed by atoms with E-state index in [1.165, 1.54) is 18.2 Å². The molecule has 1 aliphatic rings. The Balaban J connectivity index is 1.93. The number of ketones is 2. The number of methoxy groups -OCH3 is 1. The summed E-state index contributed by atoms with van der Waals surface area (Å²) in [6, 6.07) is 11.0. The predicted octanol–water partition coefficient (Wildman–Crippen LogP) is 2.74. The van der Waals surface area contributed by atoms with Gasteiger partial charge in [-0.25, -0.2) is 0 Å². The summed E-state index contributed by atoms with van der Waals surface area (Å²) in [4.78, 5) is 24.4. The van der Waals surface area contributed by atoms with E-state index >= 15 is 0 Å². The molecule has 5 heteroatoms. The van der Waals surface area contributed by atoms with Gasteiger partial charge in [0.15, 0.2) is 11.5 Å². The van der Waals surface area contributed by atoms with Gasteiger partial charge in [-0.2, -0.15) is 0 Å². The summed E-state index contributed by atoms with van der Waals surface area (Å²) in [7, 11) is 1.54. The van der Waals surface area contributed by atoms with E-state index in [2.05, 4.69) is 0 Å². The number of Topliss-reactive ketones (excluding diaryl/α,β-unsaturated/α-hetero) is 1. The van der Waals surface area contributed by atoms with Crippen LogP contribution >= 0.6 is 0 Å². The topological polar surface area (TPSA) is 72.8 Å². The SMILES string of the molecule is COc1ccc(OC2=CC(=O)c3cccc(O)c3C2=O)cc1. The first-order valence-corrected chi connectivity index (χ1v) is 6.55. The van der Waals surface area contributed by atoms with Gasteiger partial charge in [0.05, 0.1) is 12.7 Å². The van der Waals surface area contributed by atoms with Crippen LogP contribution in [0.2, 0.25) is 0 Å². The Morgan fingerprint density at radius 1 is 0.955 bits per heavy atom. The first-order chi connectivity index (χ1) is 10.6. The summed E-state index contributed by atoms with van der Waals surface area (Å²) < 4.78 is 10.5. The number of aromatic hydroxyl groups is 1. The smallest absolute Gasteiger partial charge is 0.232 e. The number of phenols is 1. The molecule has 0 unspecified atom stereocenters. The van der Waals surface area contributed by atoms with Crippen LogP contribution in [0.5, 0.6) is 17.2 Å². The van der Waals surface area contributed by atoms with Crippen molar-refractivity contribution in [2.45, 2.75) is 0 Å². The first-order valence-electron chi connectivity index (χ1n) is 6.55. The average Bonchev–Trinajstić information content (AvgIpc) is 2.53. The second kappa shape index (κ2) is 5.37. The van der Waals surface area contributed by atoms with Gasteiger partial charge in [-0.15, -0.1) is 0 Å². The maximum Gasteiger partial charge on any atom is 0.232 e. The molecule has 0 aromatic heterocycles. The molecule has 22 heavy (non-hydrogen) atoms. The molecule has 0 radical (unpaired) electrons. The van der Waals surface area contributed by atoms with E-state index < -0.39 is 5.78 Å². The van der Waals surface area contributed by atoms with E-state index in [1.54, 1.807) is 31.4 Å². The molecule has 0 spiro atoms. The van der Waals surface area contributed by atoms with E-state index in [1.807, 2.05) is 0 Å². The van der Waals surface area contributed by atoms with Crippen molar-refractivity contribution in [1.82, 2.24) is 0 Å². The van der Waals surface area contributed by atoms with Gasteiger partial charge in [-0.1, -0.05) is 12.1 Å². The standard InChI is InChI=1S/C17H12O5/c1-21-10-5-7-11(8-6-10)22-15-9-14(19)12-3-2-4-13(18)16(12)17(15)20/h2-9,18H,1H3. The van der Waals surface area contributed by atoms with Gasteiger partial charge in [-0.3, -0.25) is 9.59 Å². The number of fused-ring (bicyclic) bond motifs is 1. The zero-order chi connectivity index (χ0) is 15.7. The van der Waals surface area contributed by atoms with Gasteiger partial charge >= 0.3 is 0 Å². The van der Waals surface area contributed by atoms with Crippen LogP contribution in [0.25, 0.3) is 0 Å². The predicted molar refractivity (Wildman–Crippen MR) is 78.5 cm³/mol. The Hall–Kier alpha value is -3.08. The summed E-state index contributed by atoms with van der Waals surface area (Å²) in [5.74, 6) is -0.219. The van der Waals surface area contributed by atoms with Crippen molar-refractivity contribution in [3.8, 4) is 17.2 Å². The van der Waals surface area contributed by atoms with Crippen molar-refractivity contribution in [1.29, 1.82) is 0 Å². The first kappa shape index (κ1) is 13.9. The molecule has 0 aliphatic heterocycles. The molecule has 0 saturated heterocycles. The van der Waals surface area contributed by atoms with Crippen LogP contribution in [-0.4, -0.2) is 23.8 Å². The van der Waals surface area contributed by atoms with Gasteiger partial charge in [0.25, 0.3) is 0 Å². The zero-order valence-electron chi connectivity index (χ0n) is 11.7. The third-order valence-electron chi connectivity index (χ3n) is 3.31. The fraction of sp³-hybridized carbons (Fsp3) is 0.0588. The number of rotatable bonds is 3. The zero-order valence-corrected chi connectivity index (χ0v) is 11.7. The molecule has 1 N–H and O–H groups in total. The molecule has 3 rings (SSSR count). The highest BCUT2D eigenvalue weighted by atomic mass is 16.5. The molecular weight excluding hydrogens is 284 g/mol. The lowest BCUT2D eigenvalue weighted by molar-refractivity contribution is 0.0944. The van der Waals surface area contributed by atoms with Gasteiger partial charge in [0, 0.05) is 11.6 Å². The second-order valence-corrected chi connectivity index (χ2v) is 4.68. The molecule has 1 aliphatic carbocycles. The Kier molecular flexibility index (Phi) is 3.39. The average molecular weight is 296 g/mol. The molecule has 0 atom stereocenters. The molecule has 0 bridgehead atoms. The van der Waals surface area contributed by atoms with Crippen molar-refractivity contribution in [3.63, 3.8) is 0 Å². The lowest BCUT2D eigenvalue weighted by atomic mass is 9.93. The largest absolute Gasteiger partial charge is 0.507 e. The number of phenolic OH excluding ortho intramolecular Hbond substituents is 1. The number of hydrogen-bond acceptors (Lipinski definition) is 5. The van der Waals surface area contributed by atoms with Crippen LogP contribution in [0, 0.1) is 0 Å². The molecule has 0 saturated carbocycles. The van der Waals surface area contributed by atoms with Crippen molar-refractivity contribution in [2.75, 3.05) is 7.11 Å². The maximum atomic E-state index is 12.4. The van der Waals surface area contributed by atoms with E-state index in [-0.39, 0.29) is 28.4 Å². The third-order valence-corrected chi connectivity index (χ3v) is 3.31. The summed E-state index contributed by atoms with van der Waals surface area (Å²) in [5, 5.41) is 9.82. The minimum absolute atomic E-state index is 0.0292. The number of allylic oxidation sites excluding steroid dienone is 2. The van der Waals surface area contributed by atoms with Crippen LogP contribution in [0.4, 0.5) is 0 Å². The third kappa shape index (κ3) is 2.33. The molecule has 0 amide bonds. The van der Waals surface area contributed by atoms with E-state index in [0.29, 0.717) is 11.5 Å². The lowest BCUT2D eigenvalue weighted by Crippen LogP contribution is -2.20. The monoisotopic (exact) mass is 296 g/mol. The van der Waals surface area contributed by atoms with Crippen LogP contribution in [0.3, 0.4) is 0 Å². The van der Waals surface area contributed by atoms with E-state index in [4.69, 9.17) is 9.47 Å². The van der Waals surface area contributed by atoms with Crippen LogP contribution in [0.1, 0.15) is 20.7 Å². The quantitative estimate of drug-likeness (QED) is 0.942. The van der Waals surface area contributed by atoms with Gasteiger partial charge in [0.2, 0.25) is 5.78 Å². The number of benzene rings is 2. The highest BCUT2D eigenvalue weighted by molar-refractivity contribution is 6.24. The Morgan fingerprint density at radius 2 is 1.64 bits per heavy atom. The molecule has 0 heterocycles. The van der Waals surface area contributed by atoms with Gasteiger partial charge in [0.1, 0.15) is 17.2 Å². The van der Waals surface area contributed by atoms with Crippen LogP contribution in [0.15, 0.2) is 54.3 Å². The number of ether oxygens (including phenoxy) is 2. The molecule has 2 aromatic rings. The normalized spacial score (nSPS) is 13.4. The maximum absolute atomic E-state index is 12.4. The second-order valence-electron chi connectivity index (χ2n) is 4.68. The van der Waals surface area contributed by atoms with E-state index in [9.17, 15) is 14.7 Å².